The summed E-state index contributed by atoms with van der Waals surface area (Å²) >= 11 is 1.49. The van der Waals surface area contributed by atoms with Gasteiger partial charge < -0.3 is 9.15 Å². The molecule has 0 radical (unpaired) electrons. The van der Waals surface area contributed by atoms with E-state index in [1.165, 1.54) is 11.3 Å². The molecule has 0 bridgehead atoms. The molecule has 192 valence electrons. The van der Waals surface area contributed by atoms with Crippen molar-refractivity contribution < 1.29 is 9.15 Å². The first-order valence-corrected chi connectivity index (χ1v) is 13.1. The molecule has 8 nitrogen and oxygen atoms in total. The van der Waals surface area contributed by atoms with Gasteiger partial charge in [0.1, 0.15) is 17.0 Å². The first kappa shape index (κ1) is 24.3. The van der Waals surface area contributed by atoms with Crippen LogP contribution >= 0.6 is 11.3 Å². The van der Waals surface area contributed by atoms with Gasteiger partial charge in [-0.15, -0.1) is 11.3 Å². The Kier molecular flexibility index (Phi) is 6.48. The number of hydrogen-bond acceptors (Lipinski definition) is 7. The number of benzene rings is 3. The van der Waals surface area contributed by atoms with Crippen molar-refractivity contribution in [3.05, 3.63) is 123 Å². The predicted molar refractivity (Wildman–Crippen MR) is 153 cm³/mol. The lowest BCUT2D eigenvalue weighted by atomic mass is 10.1. The van der Waals surface area contributed by atoms with Crippen LogP contribution in [-0.4, -0.2) is 27.8 Å². The Morgan fingerprint density at radius 1 is 1.00 bits per heavy atom. The van der Waals surface area contributed by atoms with Crippen LogP contribution < -0.4 is 15.2 Å². The lowest BCUT2D eigenvalue weighted by Crippen LogP contribution is -2.11. The molecule has 0 spiro atoms. The van der Waals surface area contributed by atoms with Crippen LogP contribution in [0.3, 0.4) is 0 Å². The van der Waals surface area contributed by atoms with Gasteiger partial charge in [-0.3, -0.25) is 0 Å². The van der Waals surface area contributed by atoms with Gasteiger partial charge in [-0.2, -0.15) is 10.2 Å². The summed E-state index contributed by atoms with van der Waals surface area (Å²) in [6.07, 6.45) is 3.55. The maximum atomic E-state index is 13.0. The molecule has 0 aliphatic carbocycles. The zero-order valence-electron chi connectivity index (χ0n) is 21.2. The summed E-state index contributed by atoms with van der Waals surface area (Å²) < 4.78 is 14.4. The normalized spacial score (nSPS) is 12.0. The minimum atomic E-state index is -0.462. The largest absolute Gasteiger partial charge is 0.497 e. The quantitative estimate of drug-likeness (QED) is 0.196. The summed E-state index contributed by atoms with van der Waals surface area (Å²) in [4.78, 5) is 18.5. The van der Waals surface area contributed by atoms with Crippen LogP contribution in [-0.2, 0) is 0 Å². The zero-order chi connectivity index (χ0) is 26.8. The van der Waals surface area contributed by atoms with Crippen molar-refractivity contribution >= 4 is 34.2 Å². The van der Waals surface area contributed by atoms with Gasteiger partial charge in [0, 0.05) is 22.5 Å². The van der Waals surface area contributed by atoms with Gasteiger partial charge in [-0.05, 0) is 55.5 Å². The van der Waals surface area contributed by atoms with E-state index in [2.05, 4.69) is 0 Å². The molecule has 39 heavy (non-hydrogen) atoms. The molecule has 0 N–H and O–H groups in total. The van der Waals surface area contributed by atoms with Crippen LogP contribution in [0.25, 0.3) is 27.9 Å². The van der Waals surface area contributed by atoms with Gasteiger partial charge in [-0.25, -0.2) is 19.1 Å². The van der Waals surface area contributed by atoms with Gasteiger partial charge in [0.05, 0.1) is 36.0 Å². The molecule has 0 saturated heterocycles. The monoisotopic (exact) mass is 533 g/mol. The molecule has 9 heteroatoms. The molecule has 6 aromatic rings. The fourth-order valence-electron chi connectivity index (χ4n) is 4.12. The Bertz CT molecular complexity index is 1930. The second-order valence-electron chi connectivity index (χ2n) is 8.72. The van der Waals surface area contributed by atoms with Gasteiger partial charge in [0.2, 0.25) is 4.80 Å². The summed E-state index contributed by atoms with van der Waals surface area (Å²) in [6.45, 7) is 1.97. The third-order valence-corrected chi connectivity index (χ3v) is 7.05. The molecule has 0 unspecified atom stereocenters. The van der Waals surface area contributed by atoms with E-state index in [1.54, 1.807) is 28.7 Å². The second-order valence-corrected chi connectivity index (χ2v) is 9.56. The fourth-order valence-corrected chi connectivity index (χ4v) is 4.95. The van der Waals surface area contributed by atoms with Crippen LogP contribution in [0.2, 0.25) is 0 Å². The van der Waals surface area contributed by atoms with Crippen molar-refractivity contribution in [3.63, 3.8) is 0 Å². The van der Waals surface area contributed by atoms with Crippen LogP contribution in [0, 0.1) is 6.92 Å². The van der Waals surface area contributed by atoms with Crippen molar-refractivity contribution in [3.8, 4) is 22.7 Å². The number of para-hydroxylation sites is 2. The number of fused-ring (bicyclic) bond motifs is 1. The van der Waals surface area contributed by atoms with Gasteiger partial charge >= 0.3 is 5.63 Å². The third-order valence-electron chi connectivity index (χ3n) is 6.12. The molecule has 3 aromatic carbocycles. The molecule has 0 aliphatic rings. The number of aromatic nitrogens is 3. The summed E-state index contributed by atoms with van der Waals surface area (Å²) in [5.74, 6) is 0.767. The molecule has 0 fully saturated rings. The predicted octanol–water partition coefficient (Wildman–Crippen LogP) is 5.94. The summed E-state index contributed by atoms with van der Waals surface area (Å²) in [7, 11) is 1.63. The zero-order valence-corrected chi connectivity index (χ0v) is 22.0. The summed E-state index contributed by atoms with van der Waals surface area (Å²) in [6, 6.07) is 26.5. The number of rotatable bonds is 6. The average molecular weight is 534 g/mol. The van der Waals surface area contributed by atoms with E-state index in [0.717, 1.165) is 28.2 Å². The Balaban J connectivity index is 1.47. The Morgan fingerprint density at radius 3 is 2.56 bits per heavy atom. The van der Waals surface area contributed by atoms with Crippen molar-refractivity contribution in [1.82, 2.24) is 14.5 Å². The van der Waals surface area contributed by atoms with E-state index >= 15 is 0 Å². The van der Waals surface area contributed by atoms with E-state index in [-0.39, 0.29) is 0 Å². The van der Waals surface area contributed by atoms with E-state index < -0.39 is 5.63 Å². The first-order chi connectivity index (χ1) is 19.1. The van der Waals surface area contributed by atoms with E-state index in [4.69, 9.17) is 24.3 Å². The number of hydrogen-bond donors (Lipinski definition) is 0. The summed E-state index contributed by atoms with van der Waals surface area (Å²) in [5.41, 5.74) is 4.13. The minimum absolute atomic E-state index is 0.361. The third kappa shape index (κ3) is 4.95. The molecule has 0 aliphatic heterocycles. The maximum Gasteiger partial charge on any atom is 0.345 e. The lowest BCUT2D eigenvalue weighted by molar-refractivity contribution is 0.415. The molecule has 3 aromatic heterocycles. The lowest BCUT2D eigenvalue weighted by Gasteiger charge is -2.02. The average Bonchev–Trinajstić information content (AvgIpc) is 3.55. The van der Waals surface area contributed by atoms with Crippen LogP contribution in [0.1, 0.15) is 11.3 Å². The minimum Gasteiger partial charge on any atom is -0.497 e. The van der Waals surface area contributed by atoms with Gasteiger partial charge in [0.15, 0.2) is 0 Å². The molecular formula is C30H23N5O3S. The van der Waals surface area contributed by atoms with Gasteiger partial charge in [-0.1, -0.05) is 36.4 Å². The van der Waals surface area contributed by atoms with Gasteiger partial charge in [0.25, 0.3) is 0 Å². The fraction of sp³-hybridized carbons (Fsp3) is 0.0667. The first-order valence-electron chi connectivity index (χ1n) is 12.2. The molecule has 0 atom stereocenters. The summed E-state index contributed by atoms with van der Waals surface area (Å²) in [5, 5.41) is 12.3. The maximum absolute atomic E-state index is 13.0. The van der Waals surface area contributed by atoms with Crippen molar-refractivity contribution in [1.29, 1.82) is 0 Å². The molecule has 0 saturated carbocycles. The number of aryl methyl sites for hydroxylation is 1. The highest BCUT2D eigenvalue weighted by Crippen LogP contribution is 2.24. The smallest absolute Gasteiger partial charge is 0.345 e. The number of thiazole rings is 1. The molecule has 0 amide bonds. The van der Waals surface area contributed by atoms with Crippen LogP contribution in [0.5, 0.6) is 5.75 Å². The highest BCUT2D eigenvalue weighted by molar-refractivity contribution is 7.07. The van der Waals surface area contributed by atoms with E-state index in [0.29, 0.717) is 27.2 Å². The highest BCUT2D eigenvalue weighted by Gasteiger charge is 2.17. The van der Waals surface area contributed by atoms with Crippen LogP contribution in [0.15, 0.2) is 116 Å². The highest BCUT2D eigenvalue weighted by atomic mass is 32.1. The Morgan fingerprint density at radius 2 is 1.77 bits per heavy atom. The SMILES string of the molecule is COc1ccc(N=c2scc(C)n2N=Cc2cn(-c3ccccc3)nc2-c2cc3ccccc3oc2=O)cc1. The standard InChI is InChI=1S/C30H23N5O3S/c1-20-19-39-30(32-23-12-14-25(37-2)15-13-23)35(20)31-17-22-18-34(24-9-4-3-5-10-24)33-28(22)26-16-21-8-6-7-11-27(21)38-29(26)36/h3-19H,1-2H3. The number of nitrogens with zero attached hydrogens (tertiary/aromatic N) is 5. The van der Waals surface area contributed by atoms with Crippen molar-refractivity contribution in [2.75, 3.05) is 7.11 Å². The topological polar surface area (TPSA) is 86.9 Å². The Labute approximate surface area is 227 Å². The molecule has 6 rings (SSSR count). The van der Waals surface area contributed by atoms with Crippen LogP contribution in [0.4, 0.5) is 5.69 Å². The van der Waals surface area contributed by atoms with E-state index in [1.807, 2.05) is 97.4 Å². The van der Waals surface area contributed by atoms with E-state index in [9.17, 15) is 4.79 Å². The Hall–Kier alpha value is -5.02. The molecular weight excluding hydrogens is 510 g/mol. The molecule has 3 heterocycles. The number of methoxy groups -OCH3 is 1. The van der Waals surface area contributed by atoms with Crippen molar-refractivity contribution in [2.24, 2.45) is 10.1 Å². The van der Waals surface area contributed by atoms with Crippen molar-refractivity contribution in [2.45, 2.75) is 6.92 Å². The number of ether oxygens (including phenoxy) is 1. The second kappa shape index (κ2) is 10.4.